The van der Waals surface area contributed by atoms with Crippen LogP contribution in [0.3, 0.4) is 0 Å². The highest BCUT2D eigenvalue weighted by molar-refractivity contribution is 4.63. The lowest BCUT2D eigenvalue weighted by Gasteiger charge is -2.17. The highest BCUT2D eigenvalue weighted by Gasteiger charge is 2.08. The van der Waals surface area contributed by atoms with Crippen molar-refractivity contribution >= 4 is 0 Å². The third-order valence-electron chi connectivity index (χ3n) is 2.92. The van der Waals surface area contributed by atoms with Gasteiger partial charge in [0.05, 0.1) is 0 Å². The van der Waals surface area contributed by atoms with Crippen molar-refractivity contribution in [3.05, 3.63) is 13.8 Å². The first kappa shape index (κ1) is 13.0. The Bertz CT molecular complexity index is 92.2. The second kappa shape index (κ2) is 8.59. The largest absolute Gasteiger partial charge is 0.0651 e. The van der Waals surface area contributed by atoms with Crippen molar-refractivity contribution in [2.24, 2.45) is 11.8 Å². The first-order valence-corrected chi connectivity index (χ1v) is 5.83. The van der Waals surface area contributed by atoms with Crippen LogP contribution in [0.2, 0.25) is 0 Å². The fraction of sp³-hybridized carbons (Fsp3) is 0.846. The quantitative estimate of drug-likeness (QED) is 0.479. The van der Waals surface area contributed by atoms with Crippen LogP contribution in [0.4, 0.5) is 0 Å². The summed E-state index contributed by atoms with van der Waals surface area (Å²) in [6.07, 6.45) is 8.91. The zero-order valence-corrected chi connectivity index (χ0v) is 9.52. The Labute approximate surface area is 85.1 Å². The zero-order chi connectivity index (χ0) is 10.1. The van der Waals surface area contributed by atoms with Gasteiger partial charge in [0.15, 0.2) is 0 Å². The molecule has 0 aliphatic heterocycles. The molecule has 0 saturated carbocycles. The molecule has 0 amide bonds. The summed E-state index contributed by atoms with van der Waals surface area (Å²) in [5.41, 5.74) is 0. The molecule has 0 aromatic carbocycles. The minimum absolute atomic E-state index is 0.856. The molecule has 0 rings (SSSR count). The monoisotopic (exact) mass is 182 g/mol. The van der Waals surface area contributed by atoms with Gasteiger partial charge in [0.1, 0.15) is 0 Å². The second-order valence-corrected chi connectivity index (χ2v) is 4.25. The fourth-order valence-corrected chi connectivity index (χ4v) is 1.85. The van der Waals surface area contributed by atoms with Gasteiger partial charge in [0, 0.05) is 0 Å². The maximum Gasteiger partial charge on any atom is -0.0414 e. The number of hydrogen-bond acceptors (Lipinski definition) is 0. The summed E-state index contributed by atoms with van der Waals surface area (Å²) in [5.74, 6) is 1.74. The predicted molar refractivity (Wildman–Crippen MR) is 61.4 cm³/mol. The lowest BCUT2D eigenvalue weighted by atomic mass is 9.89. The average molecular weight is 182 g/mol. The van der Waals surface area contributed by atoms with E-state index < -0.39 is 0 Å². The molecule has 0 aliphatic carbocycles. The van der Waals surface area contributed by atoms with Crippen molar-refractivity contribution in [2.75, 3.05) is 0 Å². The van der Waals surface area contributed by atoms with Crippen molar-refractivity contribution in [1.82, 2.24) is 0 Å². The molecule has 2 atom stereocenters. The van der Waals surface area contributed by atoms with Gasteiger partial charge in [-0.2, -0.15) is 0 Å². The second-order valence-electron chi connectivity index (χ2n) is 4.25. The standard InChI is InChI=1S/C13H26/c1-5-8-9-10-12(4)11-13(6-2)7-3/h12-13H,1-2,5-11H2,3-4H3. The summed E-state index contributed by atoms with van der Waals surface area (Å²) in [6.45, 7) is 12.5. The van der Waals surface area contributed by atoms with Gasteiger partial charge < -0.3 is 0 Å². The molecule has 2 unspecified atom stereocenters. The van der Waals surface area contributed by atoms with E-state index in [1.807, 2.05) is 0 Å². The van der Waals surface area contributed by atoms with Gasteiger partial charge in [0.2, 0.25) is 0 Å². The van der Waals surface area contributed by atoms with E-state index in [0.29, 0.717) is 0 Å². The molecule has 0 aromatic heterocycles. The van der Waals surface area contributed by atoms with Gasteiger partial charge in [-0.1, -0.05) is 66.2 Å². The maximum absolute atomic E-state index is 4.00. The van der Waals surface area contributed by atoms with Gasteiger partial charge in [-0.3, -0.25) is 0 Å². The highest BCUT2D eigenvalue weighted by Crippen LogP contribution is 2.22. The molecule has 0 fully saturated rings. The first-order chi connectivity index (χ1) is 6.24. The highest BCUT2D eigenvalue weighted by atomic mass is 14.1. The van der Waals surface area contributed by atoms with Crippen molar-refractivity contribution in [1.29, 1.82) is 0 Å². The van der Waals surface area contributed by atoms with Crippen LogP contribution in [0.25, 0.3) is 0 Å². The molecule has 0 spiro atoms. The topological polar surface area (TPSA) is 0 Å². The van der Waals surface area contributed by atoms with E-state index in [4.69, 9.17) is 0 Å². The van der Waals surface area contributed by atoms with Crippen molar-refractivity contribution in [2.45, 2.75) is 58.8 Å². The SMILES string of the molecule is [CH2]CCCCC(C)CC(C[CH2])CC. The normalized spacial score (nSPS) is 13.6. The van der Waals surface area contributed by atoms with Gasteiger partial charge >= 0.3 is 0 Å². The fourth-order valence-electron chi connectivity index (χ4n) is 1.85. The molecule has 2 radical (unpaired) electrons. The molecule has 0 nitrogen and oxygen atoms in total. The third kappa shape index (κ3) is 7.10. The molecule has 0 aromatic rings. The van der Waals surface area contributed by atoms with E-state index in [1.165, 1.54) is 32.1 Å². The smallest absolute Gasteiger partial charge is 0.0414 e. The van der Waals surface area contributed by atoms with Gasteiger partial charge in [-0.15, -0.1) is 0 Å². The van der Waals surface area contributed by atoms with Crippen molar-refractivity contribution in [3.8, 4) is 0 Å². The Morgan fingerprint density at radius 2 is 1.85 bits per heavy atom. The van der Waals surface area contributed by atoms with Crippen LogP contribution in [0.5, 0.6) is 0 Å². The first-order valence-electron chi connectivity index (χ1n) is 5.83. The Kier molecular flexibility index (Phi) is 8.59. The van der Waals surface area contributed by atoms with Crippen molar-refractivity contribution in [3.63, 3.8) is 0 Å². The average Bonchev–Trinajstić information content (AvgIpc) is 2.14. The molecule has 13 heavy (non-hydrogen) atoms. The summed E-state index contributed by atoms with van der Waals surface area (Å²) >= 11 is 0. The summed E-state index contributed by atoms with van der Waals surface area (Å²) in [5, 5.41) is 0. The van der Waals surface area contributed by atoms with Crippen LogP contribution in [-0.4, -0.2) is 0 Å². The Morgan fingerprint density at radius 3 is 2.31 bits per heavy atom. The number of hydrogen-bond donors (Lipinski definition) is 0. The molecule has 0 aliphatic rings. The van der Waals surface area contributed by atoms with Gasteiger partial charge in [0.25, 0.3) is 0 Å². The molecule has 0 saturated heterocycles. The molecular weight excluding hydrogens is 156 g/mol. The van der Waals surface area contributed by atoms with E-state index in [2.05, 4.69) is 27.7 Å². The van der Waals surface area contributed by atoms with E-state index in [9.17, 15) is 0 Å². The van der Waals surface area contributed by atoms with Gasteiger partial charge in [-0.25, -0.2) is 0 Å². The van der Waals surface area contributed by atoms with Crippen molar-refractivity contribution < 1.29 is 0 Å². The molecular formula is C13H26. The van der Waals surface area contributed by atoms with Crippen LogP contribution >= 0.6 is 0 Å². The minimum atomic E-state index is 0.856. The molecule has 0 N–H and O–H groups in total. The zero-order valence-electron chi connectivity index (χ0n) is 9.52. The van der Waals surface area contributed by atoms with Crippen LogP contribution in [0, 0.1) is 25.7 Å². The predicted octanol–water partition coefficient (Wildman–Crippen LogP) is 4.66. The summed E-state index contributed by atoms with van der Waals surface area (Å²) in [7, 11) is 0. The molecule has 0 heterocycles. The molecule has 0 heteroatoms. The maximum atomic E-state index is 4.00. The van der Waals surface area contributed by atoms with Crippen LogP contribution in [0.15, 0.2) is 0 Å². The van der Waals surface area contributed by atoms with Crippen LogP contribution in [0.1, 0.15) is 58.8 Å². The summed E-state index contributed by atoms with van der Waals surface area (Å²) in [6, 6.07) is 0. The van der Waals surface area contributed by atoms with E-state index in [-0.39, 0.29) is 0 Å². The molecule has 78 valence electrons. The lowest BCUT2D eigenvalue weighted by molar-refractivity contribution is 0.358. The Hall–Kier alpha value is 0. The Balaban J connectivity index is 3.42. The summed E-state index contributed by atoms with van der Waals surface area (Å²) < 4.78 is 0. The van der Waals surface area contributed by atoms with E-state index >= 15 is 0 Å². The van der Waals surface area contributed by atoms with Crippen LogP contribution < -0.4 is 0 Å². The Morgan fingerprint density at radius 1 is 1.15 bits per heavy atom. The minimum Gasteiger partial charge on any atom is -0.0651 e. The van der Waals surface area contributed by atoms with E-state index in [1.54, 1.807) is 0 Å². The lowest BCUT2D eigenvalue weighted by Crippen LogP contribution is -2.04. The number of rotatable bonds is 8. The van der Waals surface area contributed by atoms with Crippen LogP contribution in [-0.2, 0) is 0 Å². The van der Waals surface area contributed by atoms with E-state index in [0.717, 1.165) is 24.7 Å². The van der Waals surface area contributed by atoms with Gasteiger partial charge in [-0.05, 0) is 18.3 Å². The third-order valence-corrected chi connectivity index (χ3v) is 2.92. The summed E-state index contributed by atoms with van der Waals surface area (Å²) in [4.78, 5) is 0. The number of unbranched alkanes of at least 4 members (excludes halogenated alkanes) is 2. The molecule has 0 bridgehead atoms.